The van der Waals surface area contributed by atoms with Gasteiger partial charge in [0.2, 0.25) is 0 Å². The van der Waals surface area contributed by atoms with E-state index < -0.39 is 10.0 Å². The molecular formula is C25H31NO3S. The van der Waals surface area contributed by atoms with E-state index in [-0.39, 0.29) is 4.90 Å². The van der Waals surface area contributed by atoms with Crippen molar-refractivity contribution >= 4 is 15.7 Å². The molecule has 0 spiro atoms. The summed E-state index contributed by atoms with van der Waals surface area (Å²) in [7, 11) is -1.97. The third-order valence-electron chi connectivity index (χ3n) is 7.67. The lowest BCUT2D eigenvalue weighted by atomic mass is 9.48. The van der Waals surface area contributed by atoms with Gasteiger partial charge in [0, 0.05) is 7.05 Å². The first-order valence-electron chi connectivity index (χ1n) is 11.2. The fraction of sp³-hybridized carbons (Fsp3) is 0.520. The Morgan fingerprint density at radius 1 is 0.900 bits per heavy atom. The van der Waals surface area contributed by atoms with Crippen molar-refractivity contribution in [2.45, 2.75) is 55.8 Å². The zero-order valence-electron chi connectivity index (χ0n) is 17.9. The second-order valence-corrected chi connectivity index (χ2v) is 11.6. The predicted octanol–water partition coefficient (Wildman–Crippen LogP) is 5.38. The van der Waals surface area contributed by atoms with Crippen molar-refractivity contribution < 1.29 is 13.2 Å². The Balaban J connectivity index is 1.37. The molecule has 4 nitrogen and oxygen atoms in total. The van der Waals surface area contributed by atoms with Crippen LogP contribution in [-0.4, -0.2) is 22.1 Å². The third-order valence-corrected chi connectivity index (χ3v) is 9.47. The molecule has 2 aromatic carbocycles. The second kappa shape index (κ2) is 7.30. The lowest BCUT2D eigenvalue weighted by Gasteiger charge is -2.57. The Bertz CT molecular complexity index is 976. The number of ether oxygens (including phenoxy) is 1. The van der Waals surface area contributed by atoms with Crippen LogP contribution in [0.1, 0.15) is 51.0 Å². The molecule has 4 bridgehead atoms. The van der Waals surface area contributed by atoms with Crippen molar-refractivity contribution in [3.8, 4) is 5.75 Å². The smallest absolute Gasteiger partial charge is 0.264 e. The molecule has 0 N–H and O–H groups in total. The zero-order valence-corrected chi connectivity index (χ0v) is 18.7. The van der Waals surface area contributed by atoms with Crippen LogP contribution in [0.3, 0.4) is 0 Å². The number of sulfonamides is 1. The molecule has 0 unspecified atom stereocenters. The fourth-order valence-electron chi connectivity index (χ4n) is 6.66. The maximum Gasteiger partial charge on any atom is 0.264 e. The molecule has 0 aromatic heterocycles. The molecule has 4 aliphatic carbocycles. The molecule has 4 fully saturated rings. The van der Waals surface area contributed by atoms with Gasteiger partial charge < -0.3 is 4.74 Å². The fourth-order valence-corrected chi connectivity index (χ4v) is 7.86. The maximum atomic E-state index is 13.1. The highest BCUT2D eigenvalue weighted by Gasteiger charge is 2.51. The van der Waals surface area contributed by atoms with Crippen LogP contribution in [0.4, 0.5) is 5.69 Å². The summed E-state index contributed by atoms with van der Waals surface area (Å²) >= 11 is 0. The van der Waals surface area contributed by atoms with Crippen LogP contribution in [0, 0.1) is 17.8 Å². The topological polar surface area (TPSA) is 46.6 Å². The molecule has 0 aliphatic heterocycles. The van der Waals surface area contributed by atoms with Gasteiger partial charge in [-0.05, 0) is 111 Å². The number of hydrogen-bond acceptors (Lipinski definition) is 3. The normalized spacial score (nSPS) is 29.7. The zero-order chi connectivity index (χ0) is 20.9. The van der Waals surface area contributed by atoms with Crippen molar-refractivity contribution in [1.82, 2.24) is 0 Å². The van der Waals surface area contributed by atoms with Crippen LogP contribution in [0.5, 0.6) is 5.75 Å². The molecule has 0 atom stereocenters. The van der Waals surface area contributed by atoms with Crippen molar-refractivity contribution in [2.75, 3.05) is 18.0 Å². The Hall–Kier alpha value is -2.01. The minimum atomic E-state index is -3.60. The molecule has 6 rings (SSSR count). The second-order valence-electron chi connectivity index (χ2n) is 9.62. The molecular weight excluding hydrogens is 394 g/mol. The van der Waals surface area contributed by atoms with Crippen LogP contribution in [0.25, 0.3) is 0 Å². The lowest BCUT2D eigenvalue weighted by molar-refractivity contribution is -0.00518. The van der Waals surface area contributed by atoms with Crippen molar-refractivity contribution in [2.24, 2.45) is 17.8 Å². The average Bonchev–Trinajstić information content (AvgIpc) is 2.73. The Morgan fingerprint density at radius 3 is 1.93 bits per heavy atom. The van der Waals surface area contributed by atoms with E-state index in [1.54, 1.807) is 31.3 Å². The largest absolute Gasteiger partial charge is 0.494 e. The monoisotopic (exact) mass is 425 g/mol. The van der Waals surface area contributed by atoms with Gasteiger partial charge in [0.05, 0.1) is 17.2 Å². The van der Waals surface area contributed by atoms with E-state index in [0.29, 0.717) is 23.5 Å². The highest BCUT2D eigenvalue weighted by Crippen LogP contribution is 2.60. The standard InChI is InChI=1S/C25H31NO3S/c1-3-29-23-8-10-24(11-9-23)30(27,28)26(2)22-6-4-21(5-7-22)25-15-18-12-19(16-25)14-20(13-18)17-25/h4-11,18-20H,3,12-17H2,1-2H3. The molecule has 4 aliphatic rings. The van der Waals surface area contributed by atoms with Gasteiger partial charge in [-0.1, -0.05) is 12.1 Å². The summed E-state index contributed by atoms with van der Waals surface area (Å²) in [6, 6.07) is 15.0. The highest BCUT2D eigenvalue weighted by molar-refractivity contribution is 7.92. The number of anilines is 1. The molecule has 0 heterocycles. The number of hydrogen-bond donors (Lipinski definition) is 0. The van der Waals surface area contributed by atoms with Crippen molar-refractivity contribution in [3.63, 3.8) is 0 Å². The van der Waals surface area contributed by atoms with E-state index >= 15 is 0 Å². The molecule has 2 aromatic rings. The van der Waals surface area contributed by atoms with Gasteiger partial charge in [-0.25, -0.2) is 8.42 Å². The van der Waals surface area contributed by atoms with Gasteiger partial charge in [0.1, 0.15) is 5.75 Å². The van der Waals surface area contributed by atoms with Gasteiger partial charge in [-0.15, -0.1) is 0 Å². The minimum Gasteiger partial charge on any atom is -0.494 e. The van der Waals surface area contributed by atoms with Gasteiger partial charge in [0.25, 0.3) is 10.0 Å². The van der Waals surface area contributed by atoms with Crippen molar-refractivity contribution in [1.29, 1.82) is 0 Å². The first-order valence-corrected chi connectivity index (χ1v) is 12.7. The third kappa shape index (κ3) is 3.31. The van der Waals surface area contributed by atoms with E-state index in [0.717, 1.165) is 17.8 Å². The maximum absolute atomic E-state index is 13.1. The summed E-state index contributed by atoms with van der Waals surface area (Å²) < 4.78 is 33.0. The molecule has 4 saturated carbocycles. The van der Waals surface area contributed by atoms with Gasteiger partial charge in [0.15, 0.2) is 0 Å². The van der Waals surface area contributed by atoms with E-state index in [2.05, 4.69) is 12.1 Å². The summed E-state index contributed by atoms with van der Waals surface area (Å²) in [5.74, 6) is 3.38. The molecule has 30 heavy (non-hydrogen) atoms. The van der Waals surface area contributed by atoms with Gasteiger partial charge >= 0.3 is 0 Å². The van der Waals surface area contributed by atoms with Gasteiger partial charge in [-0.2, -0.15) is 0 Å². The SMILES string of the molecule is CCOc1ccc(S(=O)(=O)N(C)c2ccc(C34CC5CC(CC(C5)C3)C4)cc2)cc1. The Kier molecular flexibility index (Phi) is 4.85. The van der Waals surface area contributed by atoms with Gasteiger partial charge in [-0.3, -0.25) is 4.31 Å². The molecule has 0 radical (unpaired) electrons. The Morgan fingerprint density at radius 2 is 1.43 bits per heavy atom. The number of benzene rings is 2. The predicted molar refractivity (Wildman–Crippen MR) is 119 cm³/mol. The van der Waals surface area contributed by atoms with E-state index in [9.17, 15) is 8.42 Å². The number of rotatable bonds is 6. The summed E-state index contributed by atoms with van der Waals surface area (Å²) in [6.07, 6.45) is 8.25. The lowest BCUT2D eigenvalue weighted by Crippen LogP contribution is -2.48. The number of nitrogens with zero attached hydrogens (tertiary/aromatic N) is 1. The molecule has 0 amide bonds. The highest BCUT2D eigenvalue weighted by atomic mass is 32.2. The first-order chi connectivity index (χ1) is 14.4. The minimum absolute atomic E-state index is 0.276. The Labute approximate surface area is 180 Å². The van der Waals surface area contributed by atoms with Crippen LogP contribution in [0.15, 0.2) is 53.4 Å². The molecule has 5 heteroatoms. The summed E-state index contributed by atoms with van der Waals surface area (Å²) in [5.41, 5.74) is 2.45. The van der Waals surface area contributed by atoms with E-state index in [1.807, 2.05) is 19.1 Å². The average molecular weight is 426 g/mol. The summed E-state index contributed by atoms with van der Waals surface area (Å²) in [6.45, 7) is 2.47. The van der Waals surface area contributed by atoms with Crippen molar-refractivity contribution in [3.05, 3.63) is 54.1 Å². The van der Waals surface area contributed by atoms with Crippen LogP contribution in [0.2, 0.25) is 0 Å². The first kappa shape index (κ1) is 19.9. The van der Waals surface area contributed by atoms with Crippen LogP contribution < -0.4 is 9.04 Å². The van der Waals surface area contributed by atoms with Crippen LogP contribution in [-0.2, 0) is 15.4 Å². The van der Waals surface area contributed by atoms with E-state index in [1.165, 1.54) is 48.4 Å². The molecule has 0 saturated heterocycles. The molecule has 160 valence electrons. The van der Waals surface area contributed by atoms with E-state index in [4.69, 9.17) is 4.74 Å². The summed E-state index contributed by atoms with van der Waals surface area (Å²) in [5, 5.41) is 0. The summed E-state index contributed by atoms with van der Waals surface area (Å²) in [4.78, 5) is 0.276. The quantitative estimate of drug-likeness (QED) is 0.624. The van der Waals surface area contributed by atoms with Crippen LogP contribution >= 0.6 is 0 Å².